The summed E-state index contributed by atoms with van der Waals surface area (Å²) >= 11 is 0. The van der Waals surface area contributed by atoms with E-state index in [2.05, 4.69) is 0 Å². The molecular weight excluding hydrogens is 225 g/mol. The standard InChI is InChI=1S/C11H9NO3.CH3F/c13-7-3-6-12-10(14)8-4-1-2-5-9(8)11(12)15;1-2/h1-2,4-5,7H,3,6H2;1H3. The Hall–Kier alpha value is -2.04. The topological polar surface area (TPSA) is 54.5 Å². The van der Waals surface area contributed by atoms with Crippen molar-refractivity contribution in [1.82, 2.24) is 4.90 Å². The molecule has 1 aliphatic heterocycles. The minimum atomic E-state index is -0.308. The molecule has 0 spiro atoms. The highest BCUT2D eigenvalue weighted by molar-refractivity contribution is 6.21. The van der Waals surface area contributed by atoms with E-state index in [1.165, 1.54) is 0 Å². The summed E-state index contributed by atoms with van der Waals surface area (Å²) < 4.78 is 9.50. The lowest BCUT2D eigenvalue weighted by molar-refractivity contribution is -0.107. The van der Waals surface area contributed by atoms with Crippen LogP contribution in [-0.4, -0.2) is 36.7 Å². The van der Waals surface area contributed by atoms with Crippen LogP contribution in [0.5, 0.6) is 0 Å². The SMILES string of the molecule is CF.O=CCCN1C(=O)c2ccccc2C1=O. The summed E-state index contributed by atoms with van der Waals surface area (Å²) in [5.41, 5.74) is 0.849. The summed E-state index contributed by atoms with van der Waals surface area (Å²) in [6, 6.07) is 6.67. The van der Waals surface area contributed by atoms with Crippen molar-refractivity contribution in [1.29, 1.82) is 0 Å². The number of alkyl halides is 1. The van der Waals surface area contributed by atoms with Crippen LogP contribution < -0.4 is 0 Å². The number of aldehydes is 1. The summed E-state index contributed by atoms with van der Waals surface area (Å²) in [6.07, 6.45) is 0.884. The van der Waals surface area contributed by atoms with Crippen molar-refractivity contribution in [3.8, 4) is 0 Å². The van der Waals surface area contributed by atoms with Crippen LogP contribution in [0.1, 0.15) is 27.1 Å². The van der Waals surface area contributed by atoms with Crippen molar-refractivity contribution >= 4 is 18.1 Å². The maximum absolute atomic E-state index is 11.7. The molecule has 0 bridgehead atoms. The Morgan fingerprint density at radius 2 is 1.59 bits per heavy atom. The molecule has 4 nitrogen and oxygen atoms in total. The van der Waals surface area contributed by atoms with Gasteiger partial charge < -0.3 is 4.79 Å². The number of benzene rings is 1. The van der Waals surface area contributed by atoms with Crippen molar-refractivity contribution in [3.63, 3.8) is 0 Å². The summed E-state index contributed by atoms with van der Waals surface area (Å²) in [6.45, 7) is 0.163. The van der Waals surface area contributed by atoms with E-state index in [-0.39, 0.29) is 24.8 Å². The van der Waals surface area contributed by atoms with Gasteiger partial charge in [-0.25, -0.2) is 0 Å². The number of amides is 2. The number of carbonyl (C=O) groups is 3. The molecule has 17 heavy (non-hydrogen) atoms. The third-order valence-corrected chi connectivity index (χ3v) is 2.35. The molecule has 0 aliphatic carbocycles. The second-order valence-corrected chi connectivity index (χ2v) is 3.26. The predicted molar refractivity (Wildman–Crippen MR) is 59.5 cm³/mol. The molecule has 0 radical (unpaired) electrons. The second kappa shape index (κ2) is 5.89. The van der Waals surface area contributed by atoms with E-state index in [9.17, 15) is 18.8 Å². The second-order valence-electron chi connectivity index (χ2n) is 3.26. The summed E-state index contributed by atoms with van der Waals surface area (Å²) in [5.74, 6) is -0.616. The largest absolute Gasteiger partial charge is 0.303 e. The van der Waals surface area contributed by atoms with Gasteiger partial charge in [-0.3, -0.25) is 18.9 Å². The highest BCUT2D eigenvalue weighted by Gasteiger charge is 2.34. The fourth-order valence-corrected chi connectivity index (χ4v) is 1.62. The smallest absolute Gasteiger partial charge is 0.261 e. The molecule has 0 saturated carbocycles. The van der Waals surface area contributed by atoms with Gasteiger partial charge in [-0.2, -0.15) is 0 Å². The highest BCUT2D eigenvalue weighted by atomic mass is 19.1. The predicted octanol–water partition coefficient (Wildman–Crippen LogP) is 1.46. The van der Waals surface area contributed by atoms with E-state index in [1.54, 1.807) is 24.3 Å². The maximum atomic E-state index is 11.7. The van der Waals surface area contributed by atoms with Gasteiger partial charge in [-0.15, -0.1) is 0 Å². The first-order chi connectivity index (χ1) is 8.25. The number of halogens is 1. The van der Waals surface area contributed by atoms with Gasteiger partial charge in [0.25, 0.3) is 11.8 Å². The van der Waals surface area contributed by atoms with Crippen LogP contribution in [0.4, 0.5) is 4.39 Å². The van der Waals surface area contributed by atoms with Crippen molar-refractivity contribution in [3.05, 3.63) is 35.4 Å². The normalized spacial score (nSPS) is 12.9. The van der Waals surface area contributed by atoms with Crippen molar-refractivity contribution in [2.75, 3.05) is 13.7 Å². The zero-order valence-corrected chi connectivity index (χ0v) is 9.35. The molecule has 0 N–H and O–H groups in total. The van der Waals surface area contributed by atoms with Crippen molar-refractivity contribution < 1.29 is 18.8 Å². The number of fused-ring (bicyclic) bond motifs is 1. The molecule has 90 valence electrons. The molecule has 1 aliphatic rings. The molecule has 1 heterocycles. The lowest BCUT2D eigenvalue weighted by Crippen LogP contribution is -2.30. The van der Waals surface area contributed by atoms with E-state index >= 15 is 0 Å². The first-order valence-corrected chi connectivity index (χ1v) is 5.02. The molecule has 1 aromatic carbocycles. The number of rotatable bonds is 3. The van der Waals surface area contributed by atoms with Gasteiger partial charge in [-0.1, -0.05) is 12.1 Å². The van der Waals surface area contributed by atoms with Crippen LogP contribution in [0.15, 0.2) is 24.3 Å². The van der Waals surface area contributed by atoms with E-state index in [0.717, 1.165) is 4.90 Å². The van der Waals surface area contributed by atoms with Crippen LogP contribution >= 0.6 is 0 Å². The zero-order chi connectivity index (χ0) is 12.8. The first-order valence-electron chi connectivity index (χ1n) is 5.02. The molecule has 1 aromatic rings. The van der Waals surface area contributed by atoms with Gasteiger partial charge in [0.05, 0.1) is 18.3 Å². The molecule has 0 atom stereocenters. The average Bonchev–Trinajstić information content (AvgIpc) is 2.63. The van der Waals surface area contributed by atoms with Gasteiger partial charge in [0.15, 0.2) is 0 Å². The Balaban J connectivity index is 0.000000686. The lowest BCUT2D eigenvalue weighted by Gasteiger charge is -2.10. The summed E-state index contributed by atoms with van der Waals surface area (Å²) in [5, 5.41) is 0. The minimum Gasteiger partial charge on any atom is -0.303 e. The zero-order valence-electron chi connectivity index (χ0n) is 9.35. The van der Waals surface area contributed by atoms with E-state index < -0.39 is 0 Å². The van der Waals surface area contributed by atoms with Gasteiger partial charge in [0.1, 0.15) is 6.29 Å². The summed E-state index contributed by atoms with van der Waals surface area (Å²) in [4.78, 5) is 34.7. The molecule has 0 unspecified atom stereocenters. The van der Waals surface area contributed by atoms with Gasteiger partial charge in [-0.05, 0) is 12.1 Å². The molecule has 0 saturated heterocycles. The van der Waals surface area contributed by atoms with Gasteiger partial charge >= 0.3 is 0 Å². The number of hydrogen-bond donors (Lipinski definition) is 0. The van der Waals surface area contributed by atoms with Crippen LogP contribution in [-0.2, 0) is 4.79 Å². The van der Waals surface area contributed by atoms with Crippen molar-refractivity contribution in [2.45, 2.75) is 6.42 Å². The molecule has 0 fully saturated rings. The average molecular weight is 237 g/mol. The summed E-state index contributed by atoms with van der Waals surface area (Å²) in [7, 11) is 0.500. The Kier molecular flexibility index (Phi) is 4.51. The highest BCUT2D eigenvalue weighted by Crippen LogP contribution is 2.21. The Morgan fingerprint density at radius 1 is 1.12 bits per heavy atom. The lowest BCUT2D eigenvalue weighted by atomic mass is 10.1. The van der Waals surface area contributed by atoms with E-state index in [0.29, 0.717) is 24.6 Å². The van der Waals surface area contributed by atoms with E-state index in [1.807, 2.05) is 0 Å². The van der Waals surface area contributed by atoms with Crippen molar-refractivity contribution in [2.24, 2.45) is 0 Å². The molecular formula is C12H12FNO3. The number of nitrogens with zero attached hydrogens (tertiary/aromatic N) is 1. The minimum absolute atomic E-state index is 0.163. The van der Waals surface area contributed by atoms with Crippen LogP contribution in [0, 0.1) is 0 Å². The quantitative estimate of drug-likeness (QED) is 0.590. The van der Waals surface area contributed by atoms with Crippen LogP contribution in [0.25, 0.3) is 0 Å². The van der Waals surface area contributed by atoms with Gasteiger partial charge in [0, 0.05) is 13.0 Å². The van der Waals surface area contributed by atoms with Gasteiger partial charge in [0.2, 0.25) is 0 Å². The number of carbonyl (C=O) groups excluding carboxylic acids is 3. The third-order valence-electron chi connectivity index (χ3n) is 2.35. The molecule has 5 heteroatoms. The van der Waals surface area contributed by atoms with Crippen LogP contribution in [0.3, 0.4) is 0 Å². The number of hydrogen-bond acceptors (Lipinski definition) is 3. The fraction of sp³-hybridized carbons (Fsp3) is 0.250. The molecule has 2 rings (SSSR count). The fourth-order valence-electron chi connectivity index (χ4n) is 1.62. The Bertz CT molecular complexity index is 410. The Labute approximate surface area is 98.0 Å². The molecule has 2 amide bonds. The maximum Gasteiger partial charge on any atom is 0.261 e. The van der Waals surface area contributed by atoms with E-state index in [4.69, 9.17) is 0 Å². The van der Waals surface area contributed by atoms with Crippen LogP contribution in [0.2, 0.25) is 0 Å². The first kappa shape index (κ1) is 13.0. The number of imide groups is 1. The third kappa shape index (κ3) is 2.38. The Morgan fingerprint density at radius 3 is 2.00 bits per heavy atom. The monoisotopic (exact) mass is 237 g/mol. The molecule has 0 aromatic heterocycles.